The smallest absolute Gasteiger partial charge is 0.253 e. The third-order valence-corrected chi connectivity index (χ3v) is 6.78. The Kier molecular flexibility index (Phi) is 7.60. The van der Waals surface area contributed by atoms with Crippen LogP contribution in [0.3, 0.4) is 0 Å². The van der Waals surface area contributed by atoms with Gasteiger partial charge in [0.05, 0.1) is 7.11 Å². The topological polar surface area (TPSA) is 53.1 Å². The van der Waals surface area contributed by atoms with Gasteiger partial charge in [-0.05, 0) is 61.2 Å². The van der Waals surface area contributed by atoms with Gasteiger partial charge in [0.25, 0.3) is 5.91 Å². The monoisotopic (exact) mass is 453 g/mol. The van der Waals surface area contributed by atoms with E-state index in [4.69, 9.17) is 4.74 Å². The fourth-order valence-corrected chi connectivity index (χ4v) is 4.63. The first-order chi connectivity index (χ1) is 16.0. The van der Waals surface area contributed by atoms with Crippen LogP contribution in [0.1, 0.15) is 28.8 Å². The number of rotatable bonds is 6. The zero-order chi connectivity index (χ0) is 23.2. The molecule has 0 saturated carbocycles. The van der Waals surface area contributed by atoms with E-state index < -0.39 is 0 Å². The van der Waals surface area contributed by atoms with Crippen LogP contribution in [0.4, 0.5) is 4.39 Å². The van der Waals surface area contributed by atoms with Crippen molar-refractivity contribution in [2.24, 2.45) is 5.92 Å². The summed E-state index contributed by atoms with van der Waals surface area (Å²) in [4.78, 5) is 31.8. The molecule has 0 N–H and O–H groups in total. The highest BCUT2D eigenvalue weighted by Crippen LogP contribution is 2.22. The molecule has 0 atom stereocenters. The average molecular weight is 454 g/mol. The van der Waals surface area contributed by atoms with Gasteiger partial charge in [-0.15, -0.1) is 0 Å². The van der Waals surface area contributed by atoms with Crippen molar-refractivity contribution in [3.63, 3.8) is 0 Å². The fraction of sp³-hybridized carbons (Fsp3) is 0.462. The second-order valence-corrected chi connectivity index (χ2v) is 8.84. The molecule has 33 heavy (non-hydrogen) atoms. The van der Waals surface area contributed by atoms with E-state index >= 15 is 0 Å². The molecule has 0 radical (unpaired) electrons. The first kappa shape index (κ1) is 23.2. The minimum Gasteiger partial charge on any atom is -0.497 e. The number of halogens is 1. The SMILES string of the molecule is COc1ccc(CCN2CCN(C(=O)C3CCN(C(=O)c4ccc(F)cc4)CC3)CC2)cc1. The van der Waals surface area contributed by atoms with Crippen LogP contribution in [0.25, 0.3) is 0 Å². The molecule has 7 heteroatoms. The summed E-state index contributed by atoms with van der Waals surface area (Å²) in [6.07, 6.45) is 2.35. The van der Waals surface area contributed by atoms with E-state index in [1.165, 1.54) is 29.8 Å². The zero-order valence-corrected chi connectivity index (χ0v) is 19.2. The molecule has 0 bridgehead atoms. The van der Waals surface area contributed by atoms with E-state index in [1.54, 1.807) is 12.0 Å². The summed E-state index contributed by atoms with van der Waals surface area (Å²) in [7, 11) is 1.67. The number of hydrogen-bond donors (Lipinski definition) is 0. The quantitative estimate of drug-likeness (QED) is 0.675. The number of carbonyl (C=O) groups excluding carboxylic acids is 2. The van der Waals surface area contributed by atoms with Crippen molar-refractivity contribution < 1.29 is 18.7 Å². The van der Waals surface area contributed by atoms with Crippen LogP contribution in [-0.4, -0.2) is 79.4 Å². The lowest BCUT2D eigenvalue weighted by Gasteiger charge is -2.38. The standard InChI is InChI=1S/C26H32FN3O3/c1-33-24-8-2-20(3-9-24)10-13-28-16-18-30(19-17-28)26(32)22-11-14-29(15-12-22)25(31)21-4-6-23(27)7-5-21/h2-9,22H,10-19H2,1H3. The summed E-state index contributed by atoms with van der Waals surface area (Å²) < 4.78 is 18.3. The van der Waals surface area contributed by atoms with Gasteiger partial charge in [0.1, 0.15) is 11.6 Å². The van der Waals surface area contributed by atoms with Crippen LogP contribution >= 0.6 is 0 Å². The number of nitrogens with zero attached hydrogens (tertiary/aromatic N) is 3. The van der Waals surface area contributed by atoms with Crippen LogP contribution in [0.5, 0.6) is 5.75 Å². The number of amides is 2. The van der Waals surface area contributed by atoms with Gasteiger partial charge in [-0.25, -0.2) is 4.39 Å². The van der Waals surface area contributed by atoms with Gasteiger partial charge >= 0.3 is 0 Å². The normalized spacial score (nSPS) is 17.8. The predicted octanol–water partition coefficient (Wildman–Crippen LogP) is 3.07. The number of carbonyl (C=O) groups is 2. The van der Waals surface area contributed by atoms with Gasteiger partial charge in [-0.2, -0.15) is 0 Å². The molecule has 2 aromatic rings. The zero-order valence-electron chi connectivity index (χ0n) is 19.2. The van der Waals surface area contributed by atoms with E-state index in [2.05, 4.69) is 17.0 Å². The number of likely N-dealkylation sites (tertiary alicyclic amines) is 1. The molecule has 2 aliphatic heterocycles. The number of hydrogen-bond acceptors (Lipinski definition) is 4. The number of ether oxygens (including phenoxy) is 1. The molecule has 2 aliphatic rings. The lowest BCUT2D eigenvalue weighted by atomic mass is 9.94. The van der Waals surface area contributed by atoms with Gasteiger partial charge in [0.15, 0.2) is 0 Å². The third-order valence-electron chi connectivity index (χ3n) is 6.78. The predicted molar refractivity (Wildman–Crippen MR) is 125 cm³/mol. The van der Waals surface area contributed by atoms with Crippen molar-refractivity contribution in [2.45, 2.75) is 19.3 Å². The molecule has 0 unspecified atom stereocenters. The second kappa shape index (κ2) is 10.8. The average Bonchev–Trinajstić information content (AvgIpc) is 2.88. The maximum atomic E-state index is 13.1. The summed E-state index contributed by atoms with van der Waals surface area (Å²) >= 11 is 0. The molecule has 2 amide bonds. The maximum absolute atomic E-state index is 13.1. The van der Waals surface area contributed by atoms with Crippen molar-refractivity contribution >= 4 is 11.8 Å². The first-order valence-electron chi connectivity index (χ1n) is 11.7. The highest BCUT2D eigenvalue weighted by Gasteiger charge is 2.31. The van der Waals surface area contributed by atoms with Crippen LogP contribution in [-0.2, 0) is 11.2 Å². The Morgan fingerprint density at radius 2 is 1.52 bits per heavy atom. The molecule has 2 fully saturated rings. The molecule has 0 spiro atoms. The van der Waals surface area contributed by atoms with Crippen molar-refractivity contribution in [1.29, 1.82) is 0 Å². The van der Waals surface area contributed by atoms with Gasteiger partial charge in [-0.3, -0.25) is 14.5 Å². The van der Waals surface area contributed by atoms with Gasteiger partial charge in [0.2, 0.25) is 5.91 Å². The molecular formula is C26H32FN3O3. The summed E-state index contributed by atoms with van der Waals surface area (Å²) in [6.45, 7) is 5.42. The molecule has 176 valence electrons. The fourth-order valence-electron chi connectivity index (χ4n) is 4.63. The Labute approximate surface area is 194 Å². The van der Waals surface area contributed by atoms with E-state index in [1.807, 2.05) is 17.0 Å². The Morgan fingerprint density at radius 3 is 2.12 bits per heavy atom. The highest BCUT2D eigenvalue weighted by atomic mass is 19.1. The van der Waals surface area contributed by atoms with E-state index in [0.717, 1.165) is 44.9 Å². The summed E-state index contributed by atoms with van der Waals surface area (Å²) in [6, 6.07) is 13.8. The van der Waals surface area contributed by atoms with Crippen LogP contribution in [0, 0.1) is 11.7 Å². The molecule has 2 heterocycles. The molecule has 4 rings (SSSR count). The molecule has 0 aromatic heterocycles. The van der Waals surface area contributed by atoms with Crippen molar-refractivity contribution in [3.05, 3.63) is 65.5 Å². The number of piperazine rings is 1. The van der Waals surface area contributed by atoms with Gasteiger partial charge in [-0.1, -0.05) is 12.1 Å². The van der Waals surface area contributed by atoms with Crippen LogP contribution in [0.15, 0.2) is 48.5 Å². The van der Waals surface area contributed by atoms with E-state index in [0.29, 0.717) is 31.5 Å². The molecule has 2 saturated heterocycles. The maximum Gasteiger partial charge on any atom is 0.253 e. The van der Waals surface area contributed by atoms with Gasteiger partial charge < -0.3 is 14.5 Å². The number of piperidine rings is 1. The highest BCUT2D eigenvalue weighted by molar-refractivity contribution is 5.94. The van der Waals surface area contributed by atoms with Crippen molar-refractivity contribution in [2.75, 3.05) is 52.9 Å². The molecule has 6 nitrogen and oxygen atoms in total. The lowest BCUT2D eigenvalue weighted by molar-refractivity contribution is -0.138. The van der Waals surface area contributed by atoms with Crippen molar-refractivity contribution in [3.8, 4) is 5.75 Å². The third kappa shape index (κ3) is 5.90. The van der Waals surface area contributed by atoms with Crippen molar-refractivity contribution in [1.82, 2.24) is 14.7 Å². The first-order valence-corrected chi connectivity index (χ1v) is 11.7. The van der Waals surface area contributed by atoms with Crippen LogP contribution in [0.2, 0.25) is 0 Å². The van der Waals surface area contributed by atoms with E-state index in [9.17, 15) is 14.0 Å². The molecule has 0 aliphatic carbocycles. The minimum atomic E-state index is -0.350. The Bertz CT molecular complexity index is 932. The lowest BCUT2D eigenvalue weighted by Crippen LogP contribution is -2.52. The minimum absolute atomic E-state index is 0.0203. The Morgan fingerprint density at radius 1 is 0.879 bits per heavy atom. The van der Waals surface area contributed by atoms with Crippen LogP contribution < -0.4 is 4.74 Å². The summed E-state index contributed by atoms with van der Waals surface area (Å²) in [5.41, 5.74) is 1.78. The molecule has 2 aromatic carbocycles. The van der Waals surface area contributed by atoms with E-state index in [-0.39, 0.29) is 23.5 Å². The number of methoxy groups -OCH3 is 1. The molecular weight excluding hydrogens is 421 g/mol. The summed E-state index contributed by atoms with van der Waals surface area (Å²) in [5.74, 6) is 0.631. The largest absolute Gasteiger partial charge is 0.497 e. The van der Waals surface area contributed by atoms with Gasteiger partial charge in [0, 0.05) is 57.3 Å². The Balaban J connectivity index is 1.19. The second-order valence-electron chi connectivity index (χ2n) is 8.84. The Hall–Kier alpha value is -2.93. The number of benzene rings is 2. The summed E-state index contributed by atoms with van der Waals surface area (Å²) in [5, 5.41) is 0.